The molecule has 1 aromatic carbocycles. The lowest BCUT2D eigenvalue weighted by molar-refractivity contribution is 0.180. The molecular weight excluding hydrogens is 270 g/mol. The maximum absolute atomic E-state index is 11.9. The summed E-state index contributed by atoms with van der Waals surface area (Å²) in [5.74, 6) is 0.693. The van der Waals surface area contributed by atoms with Crippen molar-refractivity contribution in [3.05, 3.63) is 36.2 Å². The number of urea groups is 1. The molecule has 0 saturated heterocycles. The Morgan fingerprint density at radius 1 is 1.48 bits per heavy atom. The lowest BCUT2D eigenvalue weighted by Crippen LogP contribution is -2.41. The van der Waals surface area contributed by atoms with Gasteiger partial charge in [0.15, 0.2) is 5.82 Å². The van der Waals surface area contributed by atoms with Crippen LogP contribution in [0.15, 0.2) is 30.6 Å². The van der Waals surface area contributed by atoms with Crippen molar-refractivity contribution >= 4 is 6.03 Å². The maximum Gasteiger partial charge on any atom is 0.317 e. The SMILES string of the molecule is CCN(CCO)C(=O)NCc1cccc(-c2ncn[nH]2)c1. The van der Waals surface area contributed by atoms with Crippen molar-refractivity contribution in [2.75, 3.05) is 19.7 Å². The van der Waals surface area contributed by atoms with Gasteiger partial charge in [-0.05, 0) is 18.6 Å². The summed E-state index contributed by atoms with van der Waals surface area (Å²) in [6, 6.07) is 7.53. The van der Waals surface area contributed by atoms with E-state index in [1.165, 1.54) is 6.33 Å². The summed E-state index contributed by atoms with van der Waals surface area (Å²) in [6.07, 6.45) is 1.46. The highest BCUT2D eigenvalue weighted by atomic mass is 16.3. The van der Waals surface area contributed by atoms with Crippen LogP contribution in [0.4, 0.5) is 4.79 Å². The van der Waals surface area contributed by atoms with Crippen molar-refractivity contribution in [2.24, 2.45) is 0 Å². The summed E-state index contributed by atoms with van der Waals surface area (Å²) in [4.78, 5) is 17.6. The molecule has 2 amide bonds. The number of hydrogen-bond donors (Lipinski definition) is 3. The zero-order chi connectivity index (χ0) is 15.1. The third-order valence-corrected chi connectivity index (χ3v) is 3.10. The summed E-state index contributed by atoms with van der Waals surface area (Å²) in [7, 11) is 0. The zero-order valence-corrected chi connectivity index (χ0v) is 11.9. The molecule has 0 unspecified atom stereocenters. The minimum Gasteiger partial charge on any atom is -0.395 e. The van der Waals surface area contributed by atoms with Gasteiger partial charge in [0.25, 0.3) is 0 Å². The van der Waals surface area contributed by atoms with Crippen LogP contribution < -0.4 is 5.32 Å². The smallest absolute Gasteiger partial charge is 0.317 e. The number of carbonyl (C=O) groups is 1. The Bertz CT molecular complexity index is 571. The van der Waals surface area contributed by atoms with E-state index in [9.17, 15) is 4.79 Å². The number of nitrogens with zero attached hydrogens (tertiary/aromatic N) is 3. The number of hydrogen-bond acceptors (Lipinski definition) is 4. The van der Waals surface area contributed by atoms with E-state index in [1.807, 2.05) is 31.2 Å². The number of benzene rings is 1. The third-order valence-electron chi connectivity index (χ3n) is 3.10. The monoisotopic (exact) mass is 289 g/mol. The molecule has 3 N–H and O–H groups in total. The number of rotatable bonds is 6. The molecule has 1 heterocycles. The first-order valence-electron chi connectivity index (χ1n) is 6.83. The van der Waals surface area contributed by atoms with Gasteiger partial charge in [-0.1, -0.05) is 18.2 Å². The summed E-state index contributed by atoms with van der Waals surface area (Å²) in [5.41, 5.74) is 1.89. The number of likely N-dealkylation sites (N-methyl/N-ethyl adjacent to an activating group) is 1. The fourth-order valence-electron chi connectivity index (χ4n) is 1.99. The Balaban J connectivity index is 1.97. The Labute approximate surface area is 123 Å². The van der Waals surface area contributed by atoms with Crippen molar-refractivity contribution in [1.82, 2.24) is 25.4 Å². The number of aromatic nitrogens is 3. The van der Waals surface area contributed by atoms with Gasteiger partial charge in [0.2, 0.25) is 0 Å². The van der Waals surface area contributed by atoms with Gasteiger partial charge in [0.1, 0.15) is 6.33 Å². The normalized spacial score (nSPS) is 10.4. The van der Waals surface area contributed by atoms with Crippen LogP contribution in [0.2, 0.25) is 0 Å². The first-order valence-corrected chi connectivity index (χ1v) is 6.83. The van der Waals surface area contributed by atoms with Gasteiger partial charge in [-0.2, -0.15) is 5.10 Å². The minimum atomic E-state index is -0.184. The Morgan fingerprint density at radius 2 is 2.33 bits per heavy atom. The number of carbonyl (C=O) groups excluding carboxylic acids is 1. The van der Waals surface area contributed by atoms with Crippen LogP contribution >= 0.6 is 0 Å². The fourth-order valence-corrected chi connectivity index (χ4v) is 1.99. The van der Waals surface area contributed by atoms with Gasteiger partial charge in [-0.25, -0.2) is 9.78 Å². The highest BCUT2D eigenvalue weighted by Gasteiger charge is 2.10. The topological polar surface area (TPSA) is 94.1 Å². The quantitative estimate of drug-likeness (QED) is 0.739. The summed E-state index contributed by atoms with van der Waals surface area (Å²) < 4.78 is 0. The summed E-state index contributed by atoms with van der Waals surface area (Å²) >= 11 is 0. The zero-order valence-electron chi connectivity index (χ0n) is 11.9. The van der Waals surface area contributed by atoms with Crippen molar-refractivity contribution in [3.8, 4) is 11.4 Å². The van der Waals surface area contributed by atoms with Crippen LogP contribution in [0.1, 0.15) is 12.5 Å². The van der Waals surface area contributed by atoms with E-state index >= 15 is 0 Å². The fraction of sp³-hybridized carbons (Fsp3) is 0.357. The van der Waals surface area contributed by atoms with Crippen LogP contribution in [0.25, 0.3) is 11.4 Å². The number of aliphatic hydroxyl groups excluding tert-OH is 1. The first-order chi connectivity index (χ1) is 10.2. The number of aliphatic hydroxyl groups is 1. The lowest BCUT2D eigenvalue weighted by atomic mass is 10.1. The van der Waals surface area contributed by atoms with Crippen molar-refractivity contribution < 1.29 is 9.90 Å². The molecule has 1 aromatic heterocycles. The predicted octanol–water partition coefficient (Wildman–Crippen LogP) is 0.995. The van der Waals surface area contributed by atoms with E-state index in [1.54, 1.807) is 4.90 Å². The summed E-state index contributed by atoms with van der Waals surface area (Å²) in [6.45, 7) is 3.15. The molecule has 0 aliphatic heterocycles. The largest absolute Gasteiger partial charge is 0.395 e. The van der Waals surface area contributed by atoms with Gasteiger partial charge in [-0.3, -0.25) is 5.10 Å². The molecule has 2 aromatic rings. The third kappa shape index (κ3) is 4.03. The maximum atomic E-state index is 11.9. The highest BCUT2D eigenvalue weighted by Crippen LogP contribution is 2.15. The predicted molar refractivity (Wildman–Crippen MR) is 78.4 cm³/mol. The van der Waals surface area contributed by atoms with E-state index in [4.69, 9.17) is 5.11 Å². The van der Waals surface area contributed by atoms with E-state index in [0.717, 1.165) is 11.1 Å². The molecule has 2 rings (SSSR count). The average Bonchev–Trinajstić information content (AvgIpc) is 3.05. The van der Waals surface area contributed by atoms with Crippen molar-refractivity contribution in [3.63, 3.8) is 0 Å². The van der Waals surface area contributed by atoms with Crippen LogP contribution in [0.5, 0.6) is 0 Å². The van der Waals surface area contributed by atoms with E-state index in [2.05, 4.69) is 20.5 Å². The van der Waals surface area contributed by atoms with E-state index in [-0.39, 0.29) is 12.6 Å². The Morgan fingerprint density at radius 3 is 3.00 bits per heavy atom. The van der Waals surface area contributed by atoms with E-state index < -0.39 is 0 Å². The standard InChI is InChI=1S/C14H19N5O2/c1-2-19(6-7-20)14(21)15-9-11-4-3-5-12(8-11)13-16-10-17-18-13/h3-5,8,10,20H,2,6-7,9H2,1H3,(H,15,21)(H,16,17,18). The molecule has 0 spiro atoms. The number of aromatic amines is 1. The van der Waals surface area contributed by atoms with Gasteiger partial charge in [0.05, 0.1) is 6.61 Å². The molecule has 0 aliphatic rings. The molecule has 21 heavy (non-hydrogen) atoms. The number of amides is 2. The van der Waals surface area contributed by atoms with Crippen molar-refractivity contribution in [1.29, 1.82) is 0 Å². The second kappa shape index (κ2) is 7.39. The van der Waals surface area contributed by atoms with Crippen LogP contribution in [-0.2, 0) is 6.54 Å². The summed E-state index contributed by atoms with van der Waals surface area (Å²) in [5, 5.41) is 18.4. The number of H-pyrrole nitrogens is 1. The molecule has 0 saturated carbocycles. The highest BCUT2D eigenvalue weighted by molar-refractivity contribution is 5.74. The molecule has 0 radical (unpaired) electrons. The molecule has 7 heteroatoms. The van der Waals surface area contributed by atoms with Crippen molar-refractivity contribution in [2.45, 2.75) is 13.5 Å². The van der Waals surface area contributed by atoms with Gasteiger partial charge in [0, 0.05) is 25.2 Å². The molecule has 0 atom stereocenters. The molecule has 0 aliphatic carbocycles. The van der Waals surface area contributed by atoms with Gasteiger partial charge < -0.3 is 15.3 Å². The van der Waals surface area contributed by atoms with E-state index in [0.29, 0.717) is 25.5 Å². The van der Waals surface area contributed by atoms with Gasteiger partial charge >= 0.3 is 6.03 Å². The first kappa shape index (κ1) is 15.0. The number of nitrogens with one attached hydrogen (secondary N) is 2. The minimum absolute atomic E-state index is 0.0394. The Kier molecular flexibility index (Phi) is 5.28. The lowest BCUT2D eigenvalue weighted by Gasteiger charge is -2.20. The Hall–Kier alpha value is -2.41. The average molecular weight is 289 g/mol. The van der Waals surface area contributed by atoms with Crippen LogP contribution in [0, 0.1) is 0 Å². The van der Waals surface area contributed by atoms with Gasteiger partial charge in [-0.15, -0.1) is 0 Å². The molecule has 7 nitrogen and oxygen atoms in total. The second-order valence-electron chi connectivity index (χ2n) is 4.50. The van der Waals surface area contributed by atoms with Crippen LogP contribution in [-0.4, -0.2) is 50.9 Å². The second-order valence-corrected chi connectivity index (χ2v) is 4.50. The molecule has 112 valence electrons. The molecule has 0 bridgehead atoms. The molecular formula is C14H19N5O2. The molecule has 0 fully saturated rings. The van der Waals surface area contributed by atoms with Crippen LogP contribution in [0.3, 0.4) is 0 Å².